The van der Waals surface area contributed by atoms with Gasteiger partial charge in [0.25, 0.3) is 0 Å². The zero-order valence-electron chi connectivity index (χ0n) is 14.6. The molecule has 0 bridgehead atoms. The largest absolute Gasteiger partial charge is 0.0837 e. The molecule has 23 heavy (non-hydrogen) atoms. The fourth-order valence-electron chi connectivity index (χ4n) is 4.69. The molecule has 1 aromatic rings. The predicted molar refractivity (Wildman–Crippen MR) is 102 cm³/mol. The maximum absolute atomic E-state index is 6.36. The van der Waals surface area contributed by atoms with Gasteiger partial charge in [-0.2, -0.15) is 0 Å². The van der Waals surface area contributed by atoms with E-state index in [2.05, 4.69) is 25.1 Å². The highest BCUT2D eigenvalue weighted by Gasteiger charge is 2.28. The first-order chi connectivity index (χ1) is 11.3. The van der Waals surface area contributed by atoms with Gasteiger partial charge in [0, 0.05) is 5.02 Å². The average Bonchev–Trinajstić information content (AvgIpc) is 2.61. The summed E-state index contributed by atoms with van der Waals surface area (Å²) in [7, 11) is 0. The van der Waals surface area contributed by atoms with E-state index in [1.54, 1.807) is 0 Å². The number of unbranched alkanes of at least 4 members (excludes halogenated alkanes) is 1. The van der Waals surface area contributed by atoms with Crippen LogP contribution >= 0.6 is 11.6 Å². The Morgan fingerprint density at radius 2 is 1.78 bits per heavy atom. The third-order valence-corrected chi connectivity index (χ3v) is 6.52. The first-order valence-corrected chi connectivity index (χ1v) is 10.1. The van der Waals surface area contributed by atoms with Crippen molar-refractivity contribution in [3.8, 4) is 0 Å². The minimum atomic E-state index is 0.911. The van der Waals surface area contributed by atoms with Crippen LogP contribution in [0.1, 0.15) is 76.7 Å². The normalized spacial score (nSPS) is 28.4. The van der Waals surface area contributed by atoms with Gasteiger partial charge in [-0.15, -0.1) is 0 Å². The minimum absolute atomic E-state index is 0.911. The highest BCUT2D eigenvalue weighted by molar-refractivity contribution is 6.32. The molecule has 0 heterocycles. The van der Waals surface area contributed by atoms with E-state index in [0.717, 1.165) is 22.8 Å². The van der Waals surface area contributed by atoms with Crippen LogP contribution in [0.2, 0.25) is 5.02 Å². The third kappa shape index (κ3) is 4.41. The monoisotopic (exact) mass is 330 g/mol. The lowest BCUT2D eigenvalue weighted by Crippen LogP contribution is -2.23. The molecular weight excluding hydrogens is 300 g/mol. The van der Waals surface area contributed by atoms with Crippen LogP contribution in [0.15, 0.2) is 30.3 Å². The molecule has 0 nitrogen and oxygen atoms in total. The zero-order chi connectivity index (χ0) is 16.1. The van der Waals surface area contributed by atoms with Crippen LogP contribution in [-0.2, 0) is 0 Å². The van der Waals surface area contributed by atoms with Gasteiger partial charge in [0.2, 0.25) is 0 Å². The average molecular weight is 331 g/mol. The van der Waals surface area contributed by atoms with Crippen molar-refractivity contribution in [1.82, 2.24) is 0 Å². The molecule has 1 saturated carbocycles. The van der Waals surface area contributed by atoms with E-state index >= 15 is 0 Å². The standard InChI is InChI=1S/C22H31Cl/c1-2-3-6-17-9-11-18(12-10-17)19-13-15-20(16-14-19)21-7-4-5-8-22(21)23/h4-5,7-8,15,17-19H,2-3,6,9-14,16H2,1H3. The second kappa shape index (κ2) is 8.38. The fraction of sp³-hybridized carbons (Fsp3) is 0.636. The highest BCUT2D eigenvalue weighted by Crippen LogP contribution is 2.42. The molecule has 1 atom stereocenters. The number of hydrogen-bond donors (Lipinski definition) is 0. The Labute approximate surface area is 147 Å². The summed E-state index contributed by atoms with van der Waals surface area (Å²) in [4.78, 5) is 0. The highest BCUT2D eigenvalue weighted by atomic mass is 35.5. The molecule has 0 saturated heterocycles. The number of allylic oxidation sites excluding steroid dienone is 2. The van der Waals surface area contributed by atoms with E-state index in [-0.39, 0.29) is 0 Å². The van der Waals surface area contributed by atoms with Crippen molar-refractivity contribution in [2.75, 3.05) is 0 Å². The van der Waals surface area contributed by atoms with E-state index in [0.29, 0.717) is 0 Å². The smallest absolute Gasteiger partial charge is 0.0481 e. The van der Waals surface area contributed by atoms with Crippen molar-refractivity contribution in [3.63, 3.8) is 0 Å². The maximum Gasteiger partial charge on any atom is 0.0481 e. The van der Waals surface area contributed by atoms with Crippen LogP contribution in [-0.4, -0.2) is 0 Å². The molecule has 3 rings (SSSR count). The first kappa shape index (κ1) is 17.1. The SMILES string of the molecule is CCCCC1CCC(C2CC=C(c3ccccc3Cl)CC2)CC1. The summed E-state index contributed by atoms with van der Waals surface area (Å²) in [6, 6.07) is 8.32. The molecule has 0 aliphatic heterocycles. The fourth-order valence-corrected chi connectivity index (χ4v) is 4.95. The summed E-state index contributed by atoms with van der Waals surface area (Å²) in [5.74, 6) is 2.94. The summed E-state index contributed by atoms with van der Waals surface area (Å²) in [5.41, 5.74) is 2.74. The van der Waals surface area contributed by atoms with Crippen LogP contribution in [0.4, 0.5) is 0 Å². The van der Waals surface area contributed by atoms with E-state index in [4.69, 9.17) is 11.6 Å². The van der Waals surface area contributed by atoms with Gasteiger partial charge in [0.1, 0.15) is 0 Å². The van der Waals surface area contributed by atoms with Gasteiger partial charge in [0.15, 0.2) is 0 Å². The Morgan fingerprint density at radius 3 is 2.43 bits per heavy atom. The van der Waals surface area contributed by atoms with Gasteiger partial charge >= 0.3 is 0 Å². The van der Waals surface area contributed by atoms with Crippen molar-refractivity contribution >= 4 is 17.2 Å². The molecule has 0 radical (unpaired) electrons. The van der Waals surface area contributed by atoms with Crippen LogP contribution < -0.4 is 0 Å². The van der Waals surface area contributed by atoms with Gasteiger partial charge in [-0.05, 0) is 67.1 Å². The van der Waals surface area contributed by atoms with Gasteiger partial charge in [-0.25, -0.2) is 0 Å². The van der Waals surface area contributed by atoms with Gasteiger partial charge in [-0.1, -0.05) is 74.9 Å². The quantitative estimate of drug-likeness (QED) is 0.523. The summed E-state index contributed by atoms with van der Waals surface area (Å²) in [6.07, 6.45) is 16.5. The number of rotatable bonds is 5. The second-order valence-corrected chi connectivity index (χ2v) is 8.07. The molecular formula is C22H31Cl. The molecule has 1 heteroatoms. The van der Waals surface area contributed by atoms with Crippen LogP contribution in [0.5, 0.6) is 0 Å². The van der Waals surface area contributed by atoms with E-state index in [1.807, 2.05) is 12.1 Å². The van der Waals surface area contributed by atoms with Crippen molar-refractivity contribution in [2.24, 2.45) is 17.8 Å². The molecule has 1 fully saturated rings. The van der Waals surface area contributed by atoms with Crippen molar-refractivity contribution < 1.29 is 0 Å². The lowest BCUT2D eigenvalue weighted by atomic mass is 9.70. The lowest BCUT2D eigenvalue weighted by Gasteiger charge is -2.35. The Balaban J connectivity index is 1.52. The van der Waals surface area contributed by atoms with Gasteiger partial charge in [-0.3, -0.25) is 0 Å². The predicted octanol–water partition coefficient (Wildman–Crippen LogP) is 7.52. The molecule has 1 unspecified atom stereocenters. The van der Waals surface area contributed by atoms with Crippen molar-refractivity contribution in [1.29, 1.82) is 0 Å². The molecule has 1 aromatic carbocycles. The number of benzene rings is 1. The molecule has 2 aliphatic carbocycles. The minimum Gasteiger partial charge on any atom is -0.0837 e. The Hall–Kier alpha value is -0.750. The van der Waals surface area contributed by atoms with Crippen molar-refractivity contribution in [2.45, 2.75) is 71.1 Å². The summed E-state index contributed by atoms with van der Waals surface area (Å²) < 4.78 is 0. The van der Waals surface area contributed by atoms with E-state index in [1.165, 1.54) is 75.3 Å². The second-order valence-electron chi connectivity index (χ2n) is 7.67. The van der Waals surface area contributed by atoms with E-state index < -0.39 is 0 Å². The van der Waals surface area contributed by atoms with Gasteiger partial charge in [0.05, 0.1) is 0 Å². The summed E-state index contributed by atoms with van der Waals surface area (Å²) in [5, 5.41) is 0.911. The third-order valence-electron chi connectivity index (χ3n) is 6.20. The number of hydrogen-bond acceptors (Lipinski definition) is 0. The van der Waals surface area contributed by atoms with Crippen molar-refractivity contribution in [3.05, 3.63) is 40.9 Å². The van der Waals surface area contributed by atoms with Crippen LogP contribution in [0.25, 0.3) is 5.57 Å². The number of halogens is 1. The van der Waals surface area contributed by atoms with Crippen LogP contribution in [0.3, 0.4) is 0 Å². The molecule has 0 spiro atoms. The Bertz CT molecular complexity index is 523. The maximum atomic E-state index is 6.36. The summed E-state index contributed by atoms with van der Waals surface area (Å²) in [6.45, 7) is 2.32. The molecule has 126 valence electrons. The topological polar surface area (TPSA) is 0 Å². The molecule has 2 aliphatic rings. The molecule has 0 aromatic heterocycles. The molecule has 0 N–H and O–H groups in total. The Morgan fingerprint density at radius 1 is 1.00 bits per heavy atom. The Kier molecular flexibility index (Phi) is 6.22. The first-order valence-electron chi connectivity index (χ1n) is 9.71. The zero-order valence-corrected chi connectivity index (χ0v) is 15.3. The lowest BCUT2D eigenvalue weighted by molar-refractivity contribution is 0.188. The summed E-state index contributed by atoms with van der Waals surface area (Å²) >= 11 is 6.36. The van der Waals surface area contributed by atoms with Crippen LogP contribution in [0, 0.1) is 17.8 Å². The molecule has 0 amide bonds. The van der Waals surface area contributed by atoms with E-state index in [9.17, 15) is 0 Å². The van der Waals surface area contributed by atoms with Gasteiger partial charge < -0.3 is 0 Å².